The van der Waals surface area contributed by atoms with Crippen molar-refractivity contribution in [3.63, 3.8) is 0 Å². The number of allylic oxidation sites excluding steroid dienone is 2. The number of aromatic nitrogens is 4. The summed E-state index contributed by atoms with van der Waals surface area (Å²) in [6.45, 7) is 8.18. The van der Waals surface area contributed by atoms with Crippen LogP contribution < -0.4 is 9.47 Å². The fraction of sp³-hybridized carbons (Fsp3) is 0.323. The molecule has 9 heteroatoms. The number of oxime groups is 1. The summed E-state index contributed by atoms with van der Waals surface area (Å²) in [5.74, 6) is 1.97. The number of fused-ring (bicyclic) bond motifs is 3. The Balaban J connectivity index is 1.38. The second-order valence-corrected chi connectivity index (χ2v) is 11.2. The molecule has 0 saturated heterocycles. The fourth-order valence-corrected chi connectivity index (χ4v) is 5.41. The van der Waals surface area contributed by atoms with Gasteiger partial charge >= 0.3 is 0 Å². The summed E-state index contributed by atoms with van der Waals surface area (Å²) in [5.41, 5.74) is 5.58. The number of Topliss-reactive ketones (excluding diaryl/α,β-unsaturated/α-hetero) is 1. The van der Waals surface area contributed by atoms with E-state index in [9.17, 15) is 4.79 Å². The minimum Gasteiger partial charge on any atom is -0.497 e. The van der Waals surface area contributed by atoms with Gasteiger partial charge in [0.25, 0.3) is 0 Å². The van der Waals surface area contributed by atoms with Crippen LogP contribution >= 0.6 is 0 Å². The van der Waals surface area contributed by atoms with Crippen LogP contribution in [0.25, 0.3) is 5.65 Å². The molecule has 40 heavy (non-hydrogen) atoms. The van der Waals surface area contributed by atoms with Crippen LogP contribution in [0, 0.1) is 12.3 Å². The molecule has 0 unspecified atom stereocenters. The maximum Gasteiger partial charge on any atom is 0.228 e. The van der Waals surface area contributed by atoms with E-state index < -0.39 is 5.92 Å². The van der Waals surface area contributed by atoms with Crippen molar-refractivity contribution in [2.24, 2.45) is 10.6 Å². The molecule has 0 radical (unpaired) electrons. The summed E-state index contributed by atoms with van der Waals surface area (Å²) in [5, 5.41) is 8.83. The minimum absolute atomic E-state index is 0.0729. The van der Waals surface area contributed by atoms with Crippen LogP contribution in [-0.2, 0) is 16.2 Å². The number of rotatable bonds is 6. The van der Waals surface area contributed by atoms with Gasteiger partial charge in [-0.15, -0.1) is 5.10 Å². The van der Waals surface area contributed by atoms with Crippen molar-refractivity contribution in [1.82, 2.24) is 19.6 Å². The number of nitrogens with zero attached hydrogens (tertiary/aromatic N) is 5. The molecule has 0 N–H and O–H groups in total. The molecule has 1 aliphatic carbocycles. The van der Waals surface area contributed by atoms with Crippen LogP contribution in [0.15, 0.2) is 71.3 Å². The molecule has 0 spiro atoms. The van der Waals surface area contributed by atoms with Crippen molar-refractivity contribution < 1.29 is 19.1 Å². The van der Waals surface area contributed by atoms with Crippen molar-refractivity contribution in [1.29, 1.82) is 0 Å². The number of carbonyl (C=O) groups is 1. The van der Waals surface area contributed by atoms with Crippen LogP contribution in [0.4, 0.5) is 0 Å². The van der Waals surface area contributed by atoms with E-state index in [2.05, 4.69) is 29.1 Å². The highest BCUT2D eigenvalue weighted by atomic mass is 16.6. The third-order valence-corrected chi connectivity index (χ3v) is 7.42. The molecule has 2 aromatic heterocycles. The van der Waals surface area contributed by atoms with Gasteiger partial charge in [0.05, 0.1) is 18.4 Å². The van der Waals surface area contributed by atoms with Gasteiger partial charge in [-0.05, 0) is 42.5 Å². The van der Waals surface area contributed by atoms with E-state index in [4.69, 9.17) is 19.3 Å². The lowest BCUT2D eigenvalue weighted by Crippen LogP contribution is -2.33. The SMILES string of the molecule is COc1ccc([C@@H]2C3=C(CC(C)(C)CC3=O)Oc3ncn4nc(CO/N=C(\C)c5ccc(C)cc5)nc4c32)cc1. The number of ether oxygens (including phenoxy) is 2. The summed E-state index contributed by atoms with van der Waals surface area (Å²) in [6, 6.07) is 15.8. The molecule has 2 aromatic carbocycles. The first-order valence-corrected chi connectivity index (χ1v) is 13.3. The van der Waals surface area contributed by atoms with Gasteiger partial charge in [0.15, 0.2) is 23.9 Å². The zero-order valence-electron chi connectivity index (χ0n) is 23.3. The van der Waals surface area contributed by atoms with Gasteiger partial charge in [-0.2, -0.15) is 0 Å². The van der Waals surface area contributed by atoms with Crippen LogP contribution in [0.5, 0.6) is 11.6 Å². The summed E-state index contributed by atoms with van der Waals surface area (Å²) >= 11 is 0. The number of benzene rings is 2. The molecule has 0 bridgehead atoms. The quantitative estimate of drug-likeness (QED) is 0.235. The third-order valence-electron chi connectivity index (χ3n) is 7.42. The lowest BCUT2D eigenvalue weighted by Gasteiger charge is -2.37. The average molecular weight is 538 g/mol. The van der Waals surface area contributed by atoms with Gasteiger partial charge in [-0.3, -0.25) is 4.79 Å². The van der Waals surface area contributed by atoms with E-state index in [1.165, 1.54) is 5.56 Å². The topological polar surface area (TPSA) is 100 Å². The Bertz CT molecular complexity index is 1670. The number of hydrogen-bond donors (Lipinski definition) is 0. The third kappa shape index (κ3) is 4.72. The maximum atomic E-state index is 13.6. The number of carbonyl (C=O) groups excluding carboxylic acids is 1. The molecular weight excluding hydrogens is 506 g/mol. The van der Waals surface area contributed by atoms with Gasteiger partial charge < -0.3 is 14.3 Å². The highest BCUT2D eigenvalue weighted by Crippen LogP contribution is 2.50. The Morgan fingerprint density at radius 3 is 2.60 bits per heavy atom. The van der Waals surface area contributed by atoms with Crippen LogP contribution in [0.3, 0.4) is 0 Å². The lowest BCUT2D eigenvalue weighted by atomic mass is 9.70. The fourth-order valence-electron chi connectivity index (χ4n) is 5.41. The number of methoxy groups -OCH3 is 1. The van der Waals surface area contributed by atoms with Crippen LogP contribution in [0.2, 0.25) is 0 Å². The van der Waals surface area contributed by atoms with Gasteiger partial charge in [0.2, 0.25) is 5.88 Å². The van der Waals surface area contributed by atoms with Crippen LogP contribution in [0.1, 0.15) is 67.6 Å². The standard InChI is InChI=1S/C31H31N5O4/c1-18-6-8-20(9-7-18)19(2)35-39-16-25-33-29-28-26(21-10-12-22(38-5)13-11-21)27-23(37)14-31(3,4)15-24(27)40-30(28)32-17-36(29)34-25/h6-13,17,26H,14-16H2,1-5H3/b35-19+/t26-/m1/s1. The first kappa shape index (κ1) is 25.7. The normalized spacial score (nSPS) is 18.3. The average Bonchev–Trinajstić information content (AvgIpc) is 3.35. The Labute approximate surface area is 232 Å². The summed E-state index contributed by atoms with van der Waals surface area (Å²) < 4.78 is 13.3. The highest BCUT2D eigenvalue weighted by molar-refractivity contribution is 6.00. The van der Waals surface area contributed by atoms with Crippen molar-refractivity contribution >= 4 is 17.1 Å². The molecule has 2 aliphatic rings. The first-order chi connectivity index (χ1) is 19.2. The van der Waals surface area contributed by atoms with Gasteiger partial charge in [0.1, 0.15) is 17.8 Å². The Morgan fingerprint density at radius 1 is 1.12 bits per heavy atom. The summed E-state index contributed by atoms with van der Waals surface area (Å²) in [4.78, 5) is 28.6. The molecule has 0 fully saturated rings. The second kappa shape index (κ2) is 9.89. The van der Waals surface area contributed by atoms with Crippen molar-refractivity contribution in [2.75, 3.05) is 7.11 Å². The summed E-state index contributed by atoms with van der Waals surface area (Å²) in [7, 11) is 1.63. The van der Waals surface area contributed by atoms with Gasteiger partial charge in [-0.1, -0.05) is 61.0 Å². The summed E-state index contributed by atoms with van der Waals surface area (Å²) in [6.07, 6.45) is 2.67. The van der Waals surface area contributed by atoms with E-state index >= 15 is 0 Å². The molecular formula is C31H31N5O4. The molecule has 4 aromatic rings. The predicted octanol–water partition coefficient (Wildman–Crippen LogP) is 5.55. The van der Waals surface area contributed by atoms with E-state index in [0.717, 1.165) is 22.6 Å². The second-order valence-electron chi connectivity index (χ2n) is 11.2. The first-order valence-electron chi connectivity index (χ1n) is 13.3. The van der Waals surface area contributed by atoms with E-state index in [1.807, 2.05) is 62.4 Å². The molecule has 204 valence electrons. The molecule has 0 amide bonds. The molecule has 9 nitrogen and oxygen atoms in total. The maximum absolute atomic E-state index is 13.6. The Hall–Kier alpha value is -4.53. The lowest BCUT2D eigenvalue weighted by molar-refractivity contribution is -0.118. The zero-order valence-corrected chi connectivity index (χ0v) is 23.3. The van der Waals surface area contributed by atoms with E-state index in [1.54, 1.807) is 18.0 Å². The van der Waals surface area contributed by atoms with Gasteiger partial charge in [0, 0.05) is 24.3 Å². The van der Waals surface area contributed by atoms with Crippen LogP contribution in [-0.4, -0.2) is 38.2 Å². The molecule has 3 heterocycles. The van der Waals surface area contributed by atoms with Gasteiger partial charge in [-0.25, -0.2) is 14.5 Å². The Kier molecular flexibility index (Phi) is 6.37. The number of ketones is 1. The number of aryl methyl sites for hydroxylation is 1. The Morgan fingerprint density at radius 2 is 1.88 bits per heavy atom. The zero-order chi connectivity index (χ0) is 28.0. The molecule has 1 aliphatic heterocycles. The monoisotopic (exact) mass is 537 g/mol. The smallest absolute Gasteiger partial charge is 0.228 e. The minimum atomic E-state index is -0.399. The number of hydrogen-bond acceptors (Lipinski definition) is 8. The highest BCUT2D eigenvalue weighted by Gasteiger charge is 2.44. The molecule has 0 saturated carbocycles. The van der Waals surface area contributed by atoms with E-state index in [-0.39, 0.29) is 17.8 Å². The van der Waals surface area contributed by atoms with Crippen molar-refractivity contribution in [3.05, 3.63) is 94.3 Å². The van der Waals surface area contributed by atoms with E-state index in [0.29, 0.717) is 47.1 Å². The van der Waals surface area contributed by atoms with Crippen molar-refractivity contribution in [3.8, 4) is 11.6 Å². The molecule has 1 atom stereocenters. The predicted molar refractivity (Wildman–Crippen MR) is 149 cm³/mol. The molecule has 6 rings (SSSR count). The largest absolute Gasteiger partial charge is 0.497 e. The van der Waals surface area contributed by atoms with Crippen molar-refractivity contribution in [2.45, 2.75) is 53.1 Å².